The number of carbonyl (C=O) groups excluding carboxylic acids is 1. The summed E-state index contributed by atoms with van der Waals surface area (Å²) >= 11 is 5.88. The second-order valence-electron chi connectivity index (χ2n) is 4.72. The molecule has 126 valence electrons. The Morgan fingerprint density at radius 2 is 1.92 bits per heavy atom. The van der Waals surface area contributed by atoms with Crippen LogP contribution in [0.1, 0.15) is 11.1 Å². The lowest BCUT2D eigenvalue weighted by Gasteiger charge is -2.09. The minimum atomic E-state index is -0.626. The molecule has 0 radical (unpaired) electrons. The van der Waals surface area contributed by atoms with Gasteiger partial charge in [0.2, 0.25) is 0 Å². The van der Waals surface area contributed by atoms with Gasteiger partial charge in [-0.3, -0.25) is 0 Å². The van der Waals surface area contributed by atoms with Crippen molar-refractivity contribution in [2.24, 2.45) is 0 Å². The van der Waals surface area contributed by atoms with Crippen molar-refractivity contribution in [2.45, 2.75) is 6.61 Å². The third kappa shape index (κ3) is 4.26. The molecule has 24 heavy (non-hydrogen) atoms. The monoisotopic (exact) mass is 350 g/mol. The molecule has 0 aliphatic carbocycles. The number of carbonyl (C=O) groups is 1. The van der Waals surface area contributed by atoms with Crippen LogP contribution in [0.4, 0.5) is 4.39 Å². The second-order valence-corrected chi connectivity index (χ2v) is 5.13. The van der Waals surface area contributed by atoms with Gasteiger partial charge in [-0.1, -0.05) is 29.8 Å². The molecule has 0 N–H and O–H groups in total. The summed E-state index contributed by atoms with van der Waals surface area (Å²) in [6.45, 7) is -0.246. The van der Waals surface area contributed by atoms with Gasteiger partial charge in [0, 0.05) is 17.2 Å². The van der Waals surface area contributed by atoms with E-state index in [-0.39, 0.29) is 17.2 Å². The van der Waals surface area contributed by atoms with E-state index in [1.54, 1.807) is 18.2 Å². The Morgan fingerprint density at radius 3 is 2.58 bits per heavy atom. The van der Waals surface area contributed by atoms with Crippen molar-refractivity contribution in [2.75, 3.05) is 14.2 Å². The van der Waals surface area contributed by atoms with E-state index in [9.17, 15) is 9.18 Å². The zero-order valence-corrected chi connectivity index (χ0v) is 14.0. The molecule has 0 unspecified atom stereocenters. The third-order valence-electron chi connectivity index (χ3n) is 3.25. The Bertz CT molecular complexity index is 738. The molecule has 0 fully saturated rings. The second kappa shape index (κ2) is 8.36. The number of hydrogen-bond donors (Lipinski definition) is 0. The molecular formula is C18H16ClFO4. The van der Waals surface area contributed by atoms with Crippen LogP contribution in [-0.2, 0) is 16.1 Å². The van der Waals surface area contributed by atoms with Gasteiger partial charge in [-0.15, -0.1) is 0 Å². The van der Waals surface area contributed by atoms with Crippen LogP contribution in [0.3, 0.4) is 0 Å². The van der Waals surface area contributed by atoms with Gasteiger partial charge in [-0.2, -0.15) is 0 Å². The van der Waals surface area contributed by atoms with Crippen molar-refractivity contribution in [3.8, 4) is 11.5 Å². The number of esters is 1. The molecule has 0 saturated carbocycles. The van der Waals surface area contributed by atoms with E-state index in [1.807, 2.05) is 0 Å². The van der Waals surface area contributed by atoms with Gasteiger partial charge in [-0.05, 0) is 24.3 Å². The lowest BCUT2D eigenvalue weighted by Crippen LogP contribution is -2.03. The van der Waals surface area contributed by atoms with Crippen molar-refractivity contribution in [3.63, 3.8) is 0 Å². The first-order valence-corrected chi connectivity index (χ1v) is 7.43. The molecule has 0 spiro atoms. The summed E-state index contributed by atoms with van der Waals surface area (Å²) in [4.78, 5) is 11.8. The Kier molecular flexibility index (Phi) is 6.21. The van der Waals surface area contributed by atoms with Crippen molar-refractivity contribution in [3.05, 3.63) is 64.4 Å². The average Bonchev–Trinajstić information content (AvgIpc) is 2.58. The van der Waals surface area contributed by atoms with E-state index >= 15 is 0 Å². The van der Waals surface area contributed by atoms with Crippen molar-refractivity contribution in [1.29, 1.82) is 0 Å². The van der Waals surface area contributed by atoms with Crippen LogP contribution in [0.2, 0.25) is 5.02 Å². The standard InChI is InChI=1S/C18H16ClFO4/c1-22-16-8-3-5-12(18(16)23-2)9-10-17(21)24-11-13-14(19)6-4-7-15(13)20/h3-10H,11H2,1-2H3. The summed E-state index contributed by atoms with van der Waals surface area (Å²) < 4.78 is 29.1. The van der Waals surface area contributed by atoms with Crippen LogP contribution in [-0.4, -0.2) is 20.2 Å². The molecule has 0 bridgehead atoms. The fraction of sp³-hybridized carbons (Fsp3) is 0.167. The summed E-state index contributed by atoms with van der Waals surface area (Å²) in [5.74, 6) is -0.0970. The normalized spacial score (nSPS) is 10.7. The molecule has 2 aromatic rings. The molecule has 0 aliphatic rings. The van der Waals surface area contributed by atoms with E-state index in [0.29, 0.717) is 17.1 Å². The summed E-state index contributed by atoms with van der Waals surface area (Å²) in [6.07, 6.45) is 2.76. The lowest BCUT2D eigenvalue weighted by molar-refractivity contribution is -0.138. The topological polar surface area (TPSA) is 44.8 Å². The molecule has 0 aliphatic heterocycles. The predicted octanol–water partition coefficient (Wildman–Crippen LogP) is 4.25. The van der Waals surface area contributed by atoms with E-state index in [2.05, 4.69) is 0 Å². The number of benzene rings is 2. The van der Waals surface area contributed by atoms with Gasteiger partial charge in [0.25, 0.3) is 0 Å². The number of para-hydroxylation sites is 1. The summed E-state index contributed by atoms with van der Waals surface area (Å²) in [5.41, 5.74) is 0.789. The number of halogens is 2. The Morgan fingerprint density at radius 1 is 1.17 bits per heavy atom. The van der Waals surface area contributed by atoms with Crippen molar-refractivity contribution < 1.29 is 23.4 Å². The molecule has 2 rings (SSSR count). The Labute approximate surface area is 144 Å². The van der Waals surface area contributed by atoms with Crippen LogP contribution >= 0.6 is 11.6 Å². The first kappa shape index (κ1) is 17.8. The minimum absolute atomic E-state index is 0.139. The third-order valence-corrected chi connectivity index (χ3v) is 3.61. The van der Waals surface area contributed by atoms with Crippen LogP contribution in [0.25, 0.3) is 6.08 Å². The highest BCUT2D eigenvalue weighted by molar-refractivity contribution is 6.31. The van der Waals surface area contributed by atoms with Crippen molar-refractivity contribution in [1.82, 2.24) is 0 Å². The number of ether oxygens (including phenoxy) is 3. The zero-order chi connectivity index (χ0) is 17.5. The maximum atomic E-state index is 13.6. The summed E-state index contributed by atoms with van der Waals surface area (Å²) in [5, 5.41) is 0.209. The van der Waals surface area contributed by atoms with Gasteiger partial charge in [-0.25, -0.2) is 9.18 Å². The highest BCUT2D eigenvalue weighted by Crippen LogP contribution is 2.31. The van der Waals surface area contributed by atoms with Gasteiger partial charge >= 0.3 is 5.97 Å². The Hall–Kier alpha value is -2.53. The fourth-order valence-corrected chi connectivity index (χ4v) is 2.28. The molecular weight excluding hydrogens is 335 g/mol. The highest BCUT2D eigenvalue weighted by Gasteiger charge is 2.10. The van der Waals surface area contributed by atoms with Crippen LogP contribution in [0, 0.1) is 5.82 Å². The molecule has 0 heterocycles. The molecule has 0 atom stereocenters. The molecule has 0 aromatic heterocycles. The Balaban J connectivity index is 2.06. The van der Waals surface area contributed by atoms with Crippen LogP contribution in [0.15, 0.2) is 42.5 Å². The van der Waals surface area contributed by atoms with Gasteiger partial charge < -0.3 is 14.2 Å². The molecule has 0 amide bonds. The zero-order valence-electron chi connectivity index (χ0n) is 13.2. The largest absolute Gasteiger partial charge is 0.493 e. The quantitative estimate of drug-likeness (QED) is 0.577. The first-order chi connectivity index (χ1) is 11.6. The SMILES string of the molecule is COc1cccc(C=CC(=O)OCc2c(F)cccc2Cl)c1OC. The fourth-order valence-electron chi connectivity index (χ4n) is 2.06. The number of methoxy groups -OCH3 is 2. The summed E-state index contributed by atoms with van der Waals surface area (Å²) in [7, 11) is 3.03. The minimum Gasteiger partial charge on any atom is -0.493 e. The molecule has 2 aromatic carbocycles. The first-order valence-electron chi connectivity index (χ1n) is 7.05. The molecule has 0 saturated heterocycles. The van der Waals surface area contributed by atoms with Crippen molar-refractivity contribution >= 4 is 23.6 Å². The summed E-state index contributed by atoms with van der Waals surface area (Å²) in [6, 6.07) is 9.55. The van der Waals surface area contributed by atoms with E-state index < -0.39 is 11.8 Å². The van der Waals surface area contributed by atoms with Gasteiger partial charge in [0.1, 0.15) is 12.4 Å². The number of hydrogen-bond acceptors (Lipinski definition) is 4. The molecule has 4 nitrogen and oxygen atoms in total. The van der Waals surface area contributed by atoms with E-state index in [1.165, 1.54) is 44.6 Å². The lowest BCUT2D eigenvalue weighted by atomic mass is 10.1. The number of rotatable bonds is 6. The maximum Gasteiger partial charge on any atom is 0.331 e. The van der Waals surface area contributed by atoms with E-state index in [0.717, 1.165) is 0 Å². The van der Waals surface area contributed by atoms with E-state index in [4.69, 9.17) is 25.8 Å². The van der Waals surface area contributed by atoms with Gasteiger partial charge in [0.05, 0.1) is 19.2 Å². The maximum absolute atomic E-state index is 13.6. The highest BCUT2D eigenvalue weighted by atomic mass is 35.5. The van der Waals surface area contributed by atoms with Crippen LogP contribution in [0.5, 0.6) is 11.5 Å². The van der Waals surface area contributed by atoms with Gasteiger partial charge in [0.15, 0.2) is 11.5 Å². The smallest absolute Gasteiger partial charge is 0.331 e. The van der Waals surface area contributed by atoms with Crippen LogP contribution < -0.4 is 9.47 Å². The average molecular weight is 351 g/mol. The predicted molar refractivity (Wildman–Crippen MR) is 89.8 cm³/mol. The molecule has 6 heteroatoms.